The third-order valence-corrected chi connectivity index (χ3v) is 6.05. The lowest BCUT2D eigenvalue weighted by Gasteiger charge is -2.33. The van der Waals surface area contributed by atoms with Gasteiger partial charge in [-0.25, -0.2) is 14.4 Å². The summed E-state index contributed by atoms with van der Waals surface area (Å²) in [6.45, 7) is 3.94. The number of aromatic nitrogens is 5. The van der Waals surface area contributed by atoms with Crippen LogP contribution in [0.5, 0.6) is 0 Å². The van der Waals surface area contributed by atoms with E-state index in [1.165, 1.54) is 17.0 Å². The smallest absolute Gasteiger partial charge is 0.261 e. The number of rotatable bonds is 4. The molecule has 1 fully saturated rings. The average Bonchev–Trinajstić information content (AvgIpc) is 3.25. The highest BCUT2D eigenvalue weighted by atomic mass is 35.5. The number of ether oxygens (including phenoxy) is 1. The molecule has 4 aromatic rings. The number of benzene rings is 1. The molecule has 8 nitrogen and oxygen atoms in total. The highest BCUT2D eigenvalue weighted by Gasteiger charge is 2.26. The molecule has 170 valence electrons. The lowest BCUT2D eigenvalue weighted by atomic mass is 10.1. The number of aryl methyl sites for hydroxylation is 2. The number of halogens is 2. The minimum atomic E-state index is -0.523. The van der Waals surface area contributed by atoms with E-state index in [1.807, 2.05) is 25.1 Å². The van der Waals surface area contributed by atoms with Gasteiger partial charge in [0, 0.05) is 49.0 Å². The predicted octanol–water partition coefficient (Wildman–Crippen LogP) is 3.58. The second-order valence-electron chi connectivity index (χ2n) is 7.94. The molecule has 10 heteroatoms. The second-order valence-corrected chi connectivity index (χ2v) is 8.37. The number of hydrogen-bond acceptors (Lipinski definition) is 6. The Balaban J connectivity index is 1.66. The van der Waals surface area contributed by atoms with E-state index in [0.717, 1.165) is 5.56 Å². The summed E-state index contributed by atoms with van der Waals surface area (Å²) < 4.78 is 24.1. The first-order chi connectivity index (χ1) is 15.9. The van der Waals surface area contributed by atoms with Gasteiger partial charge < -0.3 is 9.64 Å². The van der Waals surface area contributed by atoms with Crippen LogP contribution in [0.25, 0.3) is 22.2 Å². The minimum Gasteiger partial charge on any atom is -0.370 e. The van der Waals surface area contributed by atoms with Crippen LogP contribution in [0.4, 0.5) is 10.2 Å². The molecular formula is C23H22ClFN6O2. The molecule has 1 aliphatic heterocycles. The Morgan fingerprint density at radius 1 is 1.30 bits per heavy atom. The molecule has 1 aromatic carbocycles. The maximum absolute atomic E-state index is 14.9. The Morgan fingerprint density at radius 2 is 2.15 bits per heavy atom. The van der Waals surface area contributed by atoms with Gasteiger partial charge in [0.2, 0.25) is 0 Å². The van der Waals surface area contributed by atoms with E-state index in [2.05, 4.69) is 10.1 Å². The van der Waals surface area contributed by atoms with E-state index >= 15 is 0 Å². The Kier molecular flexibility index (Phi) is 5.59. The van der Waals surface area contributed by atoms with Crippen LogP contribution in [0.1, 0.15) is 18.6 Å². The summed E-state index contributed by atoms with van der Waals surface area (Å²) >= 11 is 5.96. The first kappa shape index (κ1) is 21.5. The third kappa shape index (κ3) is 3.98. The topological polar surface area (TPSA) is 78.1 Å². The summed E-state index contributed by atoms with van der Waals surface area (Å²) in [7, 11) is 1.85. The average molecular weight is 469 g/mol. The van der Waals surface area contributed by atoms with Crippen molar-refractivity contribution in [2.24, 2.45) is 7.05 Å². The molecule has 0 aliphatic carbocycles. The molecule has 5 rings (SSSR count). The van der Waals surface area contributed by atoms with Crippen LogP contribution in [0.3, 0.4) is 0 Å². The monoisotopic (exact) mass is 468 g/mol. The third-order valence-electron chi connectivity index (χ3n) is 5.81. The second kappa shape index (κ2) is 8.57. The van der Waals surface area contributed by atoms with Gasteiger partial charge >= 0.3 is 0 Å². The fourth-order valence-corrected chi connectivity index (χ4v) is 4.23. The van der Waals surface area contributed by atoms with Gasteiger partial charge in [0.05, 0.1) is 24.5 Å². The minimum absolute atomic E-state index is 0.193. The van der Waals surface area contributed by atoms with E-state index in [4.69, 9.17) is 21.3 Å². The van der Waals surface area contributed by atoms with Crippen molar-refractivity contribution >= 4 is 28.3 Å². The van der Waals surface area contributed by atoms with E-state index < -0.39 is 5.82 Å². The summed E-state index contributed by atoms with van der Waals surface area (Å²) in [5, 5.41) is 4.90. The van der Waals surface area contributed by atoms with Gasteiger partial charge in [-0.1, -0.05) is 11.6 Å². The number of fused-ring (bicyclic) bond motifs is 1. The van der Waals surface area contributed by atoms with Crippen molar-refractivity contribution in [3.8, 4) is 11.3 Å². The molecule has 1 atom stereocenters. The molecule has 4 heterocycles. The van der Waals surface area contributed by atoms with Gasteiger partial charge in [-0.05, 0) is 31.2 Å². The van der Waals surface area contributed by atoms with Gasteiger partial charge in [0.25, 0.3) is 5.56 Å². The van der Waals surface area contributed by atoms with Crippen LogP contribution in [-0.4, -0.2) is 44.0 Å². The number of anilines is 1. The van der Waals surface area contributed by atoms with Crippen molar-refractivity contribution in [3.05, 3.63) is 69.7 Å². The molecule has 0 N–H and O–H groups in total. The van der Waals surface area contributed by atoms with Crippen LogP contribution >= 0.6 is 11.6 Å². The van der Waals surface area contributed by atoms with Crippen LogP contribution in [0, 0.1) is 5.82 Å². The summed E-state index contributed by atoms with van der Waals surface area (Å²) in [5.74, 6) is 0.0435. The maximum Gasteiger partial charge on any atom is 0.261 e. The van der Waals surface area contributed by atoms with E-state index in [9.17, 15) is 9.18 Å². The summed E-state index contributed by atoms with van der Waals surface area (Å²) in [6.07, 6.45) is 4.97. The van der Waals surface area contributed by atoms with Crippen molar-refractivity contribution in [2.75, 3.05) is 24.6 Å². The summed E-state index contributed by atoms with van der Waals surface area (Å²) in [5.41, 5.74) is 1.67. The highest BCUT2D eigenvalue weighted by molar-refractivity contribution is 6.30. The predicted molar refractivity (Wildman–Crippen MR) is 124 cm³/mol. The molecule has 0 bridgehead atoms. The normalized spacial score (nSPS) is 16.5. The molecule has 0 saturated carbocycles. The Morgan fingerprint density at radius 3 is 2.88 bits per heavy atom. The summed E-state index contributed by atoms with van der Waals surface area (Å²) in [4.78, 5) is 24.4. The first-order valence-corrected chi connectivity index (χ1v) is 11.0. The SMILES string of the molecule is CCn1cnc2c(-c3ccc(Cl)cc3F)nc(N3CCOC(c4cnn(C)c4)C3)cc2c1=O. The number of morpholine rings is 1. The fourth-order valence-electron chi connectivity index (χ4n) is 4.08. The van der Waals surface area contributed by atoms with Gasteiger partial charge in [-0.15, -0.1) is 0 Å². The molecule has 33 heavy (non-hydrogen) atoms. The van der Waals surface area contributed by atoms with Crippen LogP contribution in [0.15, 0.2) is 47.8 Å². The zero-order chi connectivity index (χ0) is 23.1. The van der Waals surface area contributed by atoms with Gasteiger partial charge in [-0.3, -0.25) is 14.0 Å². The molecule has 3 aromatic heterocycles. The zero-order valence-corrected chi connectivity index (χ0v) is 19.0. The number of hydrogen-bond donors (Lipinski definition) is 0. The van der Waals surface area contributed by atoms with Gasteiger partial charge in [0.15, 0.2) is 0 Å². The molecule has 1 unspecified atom stereocenters. The van der Waals surface area contributed by atoms with Crippen molar-refractivity contribution in [2.45, 2.75) is 19.6 Å². The fraction of sp³-hybridized carbons (Fsp3) is 0.304. The van der Waals surface area contributed by atoms with Crippen molar-refractivity contribution < 1.29 is 9.13 Å². The Labute approximate surface area is 194 Å². The molecular weight excluding hydrogens is 447 g/mol. The van der Waals surface area contributed by atoms with Crippen molar-refractivity contribution in [1.29, 1.82) is 0 Å². The Hall–Kier alpha value is -3.30. The number of nitrogens with zero attached hydrogens (tertiary/aromatic N) is 6. The maximum atomic E-state index is 14.9. The largest absolute Gasteiger partial charge is 0.370 e. The molecule has 1 saturated heterocycles. The molecule has 0 radical (unpaired) electrons. The van der Waals surface area contributed by atoms with Crippen molar-refractivity contribution in [1.82, 2.24) is 24.3 Å². The zero-order valence-electron chi connectivity index (χ0n) is 18.2. The van der Waals surface area contributed by atoms with Gasteiger partial charge in [-0.2, -0.15) is 5.10 Å². The molecule has 0 amide bonds. The molecule has 1 aliphatic rings. The molecule has 0 spiro atoms. The van der Waals surface area contributed by atoms with Crippen LogP contribution in [0.2, 0.25) is 5.02 Å². The first-order valence-electron chi connectivity index (χ1n) is 10.6. The van der Waals surface area contributed by atoms with E-state index in [1.54, 1.807) is 29.1 Å². The van der Waals surface area contributed by atoms with E-state index in [-0.39, 0.29) is 22.2 Å². The quantitative estimate of drug-likeness (QED) is 0.455. The van der Waals surface area contributed by atoms with Gasteiger partial charge in [0.1, 0.15) is 28.9 Å². The van der Waals surface area contributed by atoms with Crippen molar-refractivity contribution in [3.63, 3.8) is 0 Å². The summed E-state index contributed by atoms with van der Waals surface area (Å²) in [6, 6.07) is 6.13. The Bertz CT molecular complexity index is 1400. The standard InChI is InChI=1S/C23H22ClFN6O2/c1-3-30-13-26-21-17(23(30)32)9-20(28-22(21)16-5-4-15(24)8-18(16)25)31-6-7-33-19(12-31)14-10-27-29(2)11-14/h4-5,8-11,13,19H,3,6-7,12H2,1-2H3. The number of pyridine rings is 1. The van der Waals surface area contributed by atoms with E-state index in [0.29, 0.717) is 48.7 Å². The lowest BCUT2D eigenvalue weighted by Crippen LogP contribution is -2.39. The van der Waals surface area contributed by atoms with Crippen LogP contribution < -0.4 is 10.5 Å². The highest BCUT2D eigenvalue weighted by Crippen LogP contribution is 2.32. The van der Waals surface area contributed by atoms with Crippen LogP contribution in [-0.2, 0) is 18.3 Å². The lowest BCUT2D eigenvalue weighted by molar-refractivity contribution is 0.0395.